The van der Waals surface area contributed by atoms with Crippen molar-refractivity contribution in [3.05, 3.63) is 0 Å². The molecule has 0 amide bonds. The van der Waals surface area contributed by atoms with Crippen LogP contribution < -0.4 is 0 Å². The molecule has 3 heteroatoms. The first-order valence-electron chi connectivity index (χ1n) is 5.87. The predicted octanol–water partition coefficient (Wildman–Crippen LogP) is 1.53. The number of carbonyl (C=O) groups excluding carboxylic acids is 1. The second-order valence-corrected chi connectivity index (χ2v) is 5.68. The van der Waals surface area contributed by atoms with Crippen LogP contribution in [0.2, 0.25) is 0 Å². The molecule has 2 fully saturated rings. The highest BCUT2D eigenvalue weighted by molar-refractivity contribution is 5.77. The molecule has 0 aromatic rings. The molecule has 0 radical (unpaired) electrons. The number of hydrogen-bond donors (Lipinski definition) is 0. The third-order valence-electron chi connectivity index (χ3n) is 3.70. The number of ether oxygens (including phenoxy) is 1. The van der Waals surface area contributed by atoms with E-state index in [0.29, 0.717) is 18.4 Å². The maximum Gasteiger partial charge on any atom is 0.309 e. The second-order valence-electron chi connectivity index (χ2n) is 5.68. The van der Waals surface area contributed by atoms with Gasteiger partial charge in [0.1, 0.15) is 0 Å². The average Bonchev–Trinajstić information content (AvgIpc) is 2.60. The summed E-state index contributed by atoms with van der Waals surface area (Å²) in [5.74, 6) is 1.39. The fraction of sp³-hybridized carbons (Fsp3) is 0.917. The SMILES string of the molecule is CCOC(=O)C1C2CN(C(C)(C)C)CC21. The Morgan fingerprint density at radius 1 is 1.33 bits per heavy atom. The number of esters is 1. The van der Waals surface area contributed by atoms with E-state index in [9.17, 15) is 4.79 Å². The molecular formula is C12H21NO2. The van der Waals surface area contributed by atoms with E-state index in [0.717, 1.165) is 13.1 Å². The third-order valence-corrected chi connectivity index (χ3v) is 3.70. The predicted molar refractivity (Wildman–Crippen MR) is 58.4 cm³/mol. The lowest BCUT2D eigenvalue weighted by Crippen LogP contribution is -2.41. The minimum atomic E-state index is 0.0288. The summed E-state index contributed by atoms with van der Waals surface area (Å²) in [6.45, 7) is 11.2. The molecule has 15 heavy (non-hydrogen) atoms. The molecular weight excluding hydrogens is 190 g/mol. The van der Waals surface area contributed by atoms with Crippen LogP contribution >= 0.6 is 0 Å². The lowest BCUT2D eigenvalue weighted by molar-refractivity contribution is -0.145. The summed E-state index contributed by atoms with van der Waals surface area (Å²) < 4.78 is 5.07. The Morgan fingerprint density at radius 2 is 1.87 bits per heavy atom. The Morgan fingerprint density at radius 3 is 2.27 bits per heavy atom. The van der Waals surface area contributed by atoms with Gasteiger partial charge in [0.05, 0.1) is 12.5 Å². The van der Waals surface area contributed by atoms with Gasteiger partial charge in [-0.3, -0.25) is 9.69 Å². The van der Waals surface area contributed by atoms with Crippen LogP contribution in [0, 0.1) is 17.8 Å². The summed E-state index contributed by atoms with van der Waals surface area (Å²) in [5.41, 5.74) is 0.243. The lowest BCUT2D eigenvalue weighted by atomic mass is 10.1. The zero-order valence-electron chi connectivity index (χ0n) is 10.1. The van der Waals surface area contributed by atoms with E-state index in [4.69, 9.17) is 4.74 Å². The number of carbonyl (C=O) groups is 1. The third kappa shape index (κ3) is 1.89. The molecule has 3 nitrogen and oxygen atoms in total. The molecule has 0 bridgehead atoms. The van der Waals surface area contributed by atoms with Crippen LogP contribution in [0.25, 0.3) is 0 Å². The highest BCUT2D eigenvalue weighted by Gasteiger charge is 2.61. The standard InChI is InChI=1S/C12H21NO2/c1-5-15-11(14)10-8-6-13(7-9(8)10)12(2,3)4/h8-10H,5-7H2,1-4H3. The minimum Gasteiger partial charge on any atom is -0.466 e. The molecule has 0 aromatic heterocycles. The van der Waals surface area contributed by atoms with Gasteiger partial charge in [0.25, 0.3) is 0 Å². The van der Waals surface area contributed by atoms with Gasteiger partial charge >= 0.3 is 5.97 Å². The first-order chi connectivity index (χ1) is 6.95. The molecule has 1 aliphatic heterocycles. The van der Waals surface area contributed by atoms with Crippen LogP contribution in [-0.4, -0.2) is 36.1 Å². The average molecular weight is 211 g/mol. The Bertz CT molecular complexity index is 257. The number of rotatable bonds is 2. The maximum atomic E-state index is 11.5. The fourth-order valence-corrected chi connectivity index (χ4v) is 2.66. The molecule has 2 rings (SSSR count). The number of likely N-dealkylation sites (tertiary alicyclic amines) is 1. The topological polar surface area (TPSA) is 29.5 Å². The summed E-state index contributed by atoms with van der Waals surface area (Å²) in [4.78, 5) is 14.0. The zero-order valence-corrected chi connectivity index (χ0v) is 10.1. The molecule has 2 aliphatic rings. The van der Waals surface area contributed by atoms with E-state index < -0.39 is 0 Å². The van der Waals surface area contributed by atoms with Gasteiger partial charge in [0.15, 0.2) is 0 Å². The molecule has 2 atom stereocenters. The largest absolute Gasteiger partial charge is 0.466 e. The van der Waals surface area contributed by atoms with Crippen molar-refractivity contribution in [3.63, 3.8) is 0 Å². The van der Waals surface area contributed by atoms with E-state index in [-0.39, 0.29) is 17.4 Å². The van der Waals surface area contributed by atoms with E-state index in [1.165, 1.54) is 0 Å². The molecule has 0 aromatic carbocycles. The van der Waals surface area contributed by atoms with Gasteiger partial charge in [0, 0.05) is 18.6 Å². The quantitative estimate of drug-likeness (QED) is 0.649. The Balaban J connectivity index is 1.86. The fourth-order valence-electron chi connectivity index (χ4n) is 2.66. The number of piperidine rings is 1. The van der Waals surface area contributed by atoms with Crippen molar-refractivity contribution in [1.82, 2.24) is 4.90 Å². The number of fused-ring (bicyclic) bond motifs is 1. The van der Waals surface area contributed by atoms with E-state index in [1.807, 2.05) is 6.92 Å². The summed E-state index contributed by atoms with van der Waals surface area (Å²) in [6.07, 6.45) is 0. The van der Waals surface area contributed by atoms with Crippen LogP contribution in [0.5, 0.6) is 0 Å². The molecule has 1 saturated carbocycles. The van der Waals surface area contributed by atoms with Crippen LogP contribution in [0.4, 0.5) is 0 Å². The summed E-state index contributed by atoms with van der Waals surface area (Å²) >= 11 is 0. The Labute approximate surface area is 91.8 Å². The van der Waals surface area contributed by atoms with Crippen molar-refractivity contribution in [1.29, 1.82) is 0 Å². The van der Waals surface area contributed by atoms with Crippen LogP contribution in [0.15, 0.2) is 0 Å². The molecule has 1 heterocycles. The normalized spacial score (nSPS) is 35.1. The van der Waals surface area contributed by atoms with Crippen LogP contribution in [0.1, 0.15) is 27.7 Å². The number of hydrogen-bond acceptors (Lipinski definition) is 3. The highest BCUT2D eigenvalue weighted by atomic mass is 16.5. The lowest BCUT2D eigenvalue weighted by Gasteiger charge is -2.33. The van der Waals surface area contributed by atoms with Gasteiger partial charge in [0.2, 0.25) is 0 Å². The molecule has 0 N–H and O–H groups in total. The maximum absolute atomic E-state index is 11.5. The van der Waals surface area contributed by atoms with E-state index >= 15 is 0 Å². The van der Waals surface area contributed by atoms with Crippen LogP contribution in [0.3, 0.4) is 0 Å². The first-order valence-corrected chi connectivity index (χ1v) is 5.87. The van der Waals surface area contributed by atoms with Gasteiger partial charge in [-0.25, -0.2) is 0 Å². The summed E-state index contributed by atoms with van der Waals surface area (Å²) in [5, 5.41) is 0. The van der Waals surface area contributed by atoms with Crippen LogP contribution in [-0.2, 0) is 9.53 Å². The van der Waals surface area contributed by atoms with Crippen molar-refractivity contribution in [3.8, 4) is 0 Å². The highest BCUT2D eigenvalue weighted by Crippen LogP contribution is 2.53. The van der Waals surface area contributed by atoms with Gasteiger partial charge in [-0.15, -0.1) is 0 Å². The second kappa shape index (κ2) is 3.48. The minimum absolute atomic E-state index is 0.0288. The molecule has 1 aliphatic carbocycles. The van der Waals surface area contributed by atoms with Crippen molar-refractivity contribution in [2.75, 3.05) is 19.7 Å². The molecule has 1 saturated heterocycles. The summed E-state index contributed by atoms with van der Waals surface area (Å²) in [7, 11) is 0. The van der Waals surface area contributed by atoms with E-state index in [1.54, 1.807) is 0 Å². The molecule has 2 unspecified atom stereocenters. The zero-order chi connectivity index (χ0) is 11.2. The van der Waals surface area contributed by atoms with Gasteiger partial charge in [-0.2, -0.15) is 0 Å². The molecule has 0 spiro atoms. The summed E-state index contributed by atoms with van der Waals surface area (Å²) in [6, 6.07) is 0. The van der Waals surface area contributed by atoms with Gasteiger partial charge in [-0.1, -0.05) is 0 Å². The monoisotopic (exact) mass is 211 g/mol. The van der Waals surface area contributed by atoms with Crippen molar-refractivity contribution in [2.24, 2.45) is 17.8 Å². The Kier molecular flexibility index (Phi) is 2.53. The van der Waals surface area contributed by atoms with Crippen molar-refractivity contribution < 1.29 is 9.53 Å². The van der Waals surface area contributed by atoms with Crippen molar-refractivity contribution in [2.45, 2.75) is 33.2 Å². The van der Waals surface area contributed by atoms with Gasteiger partial charge < -0.3 is 4.74 Å². The first kappa shape index (κ1) is 10.9. The Hall–Kier alpha value is -0.570. The smallest absolute Gasteiger partial charge is 0.309 e. The van der Waals surface area contributed by atoms with Crippen molar-refractivity contribution >= 4 is 5.97 Å². The van der Waals surface area contributed by atoms with Gasteiger partial charge in [-0.05, 0) is 39.5 Å². The molecule has 86 valence electrons. The number of nitrogens with zero attached hydrogens (tertiary/aromatic N) is 1. The van der Waals surface area contributed by atoms with E-state index in [2.05, 4.69) is 25.7 Å².